The van der Waals surface area contributed by atoms with E-state index in [-0.39, 0.29) is 0 Å². The molecule has 0 unspecified atom stereocenters. The number of allylic oxidation sites excluding steroid dienone is 1. The number of aromatic nitrogens is 1. The van der Waals surface area contributed by atoms with Gasteiger partial charge in [0.2, 0.25) is 0 Å². The van der Waals surface area contributed by atoms with Crippen molar-refractivity contribution in [1.82, 2.24) is 9.88 Å². The second-order valence-electron chi connectivity index (χ2n) is 7.30. The first kappa shape index (κ1) is 17.3. The van der Waals surface area contributed by atoms with Crippen LogP contribution in [0.1, 0.15) is 16.7 Å². The van der Waals surface area contributed by atoms with Gasteiger partial charge in [0.1, 0.15) is 17.3 Å². The molecule has 0 saturated carbocycles. The Kier molecular flexibility index (Phi) is 4.55. The maximum Gasteiger partial charge on any atom is 0.138 e. The molecule has 0 atom stereocenters. The SMILES string of the molecule is COc1ccc2c(c1CN1CCOCC1)OC(=Cc1c[nH]c3ccccc13)C2. The summed E-state index contributed by atoms with van der Waals surface area (Å²) in [6.07, 6.45) is 4.98. The molecule has 2 aliphatic heterocycles. The molecule has 144 valence electrons. The van der Waals surface area contributed by atoms with E-state index in [9.17, 15) is 0 Å². The number of morpholine rings is 1. The Morgan fingerprint density at radius 1 is 1.14 bits per heavy atom. The maximum atomic E-state index is 6.35. The Hall–Kier alpha value is -2.76. The first-order valence-corrected chi connectivity index (χ1v) is 9.75. The van der Waals surface area contributed by atoms with Gasteiger partial charge in [0.05, 0.1) is 25.9 Å². The number of hydrogen-bond donors (Lipinski definition) is 1. The van der Waals surface area contributed by atoms with Crippen LogP contribution in [0.5, 0.6) is 11.5 Å². The van der Waals surface area contributed by atoms with E-state index in [0.29, 0.717) is 0 Å². The number of H-pyrrole nitrogens is 1. The van der Waals surface area contributed by atoms with Gasteiger partial charge in [0, 0.05) is 54.3 Å². The number of ether oxygens (including phenoxy) is 3. The van der Waals surface area contributed by atoms with Crippen molar-refractivity contribution in [3.63, 3.8) is 0 Å². The molecule has 2 aromatic carbocycles. The number of rotatable bonds is 4. The highest BCUT2D eigenvalue weighted by atomic mass is 16.5. The van der Waals surface area contributed by atoms with E-state index >= 15 is 0 Å². The molecule has 1 N–H and O–H groups in total. The monoisotopic (exact) mass is 376 g/mol. The number of nitrogens with one attached hydrogen (secondary N) is 1. The summed E-state index contributed by atoms with van der Waals surface area (Å²) in [5, 5.41) is 1.21. The van der Waals surface area contributed by atoms with Crippen LogP contribution >= 0.6 is 0 Å². The molecule has 1 fully saturated rings. The van der Waals surface area contributed by atoms with Gasteiger partial charge in [-0.2, -0.15) is 0 Å². The van der Waals surface area contributed by atoms with Crippen molar-refractivity contribution in [3.05, 3.63) is 65.0 Å². The summed E-state index contributed by atoms with van der Waals surface area (Å²) < 4.78 is 17.5. The smallest absolute Gasteiger partial charge is 0.138 e. The fourth-order valence-electron chi connectivity index (χ4n) is 4.07. The van der Waals surface area contributed by atoms with Gasteiger partial charge in [-0.05, 0) is 18.2 Å². The van der Waals surface area contributed by atoms with Crippen molar-refractivity contribution in [2.45, 2.75) is 13.0 Å². The quantitative estimate of drug-likeness (QED) is 0.748. The topological polar surface area (TPSA) is 46.7 Å². The molecule has 28 heavy (non-hydrogen) atoms. The van der Waals surface area contributed by atoms with E-state index in [2.05, 4.69) is 46.3 Å². The third kappa shape index (κ3) is 3.17. The lowest BCUT2D eigenvalue weighted by Crippen LogP contribution is -2.35. The molecular formula is C23H24N2O3. The largest absolute Gasteiger partial charge is 0.496 e. The third-order valence-corrected chi connectivity index (χ3v) is 5.54. The summed E-state index contributed by atoms with van der Waals surface area (Å²) >= 11 is 0. The maximum absolute atomic E-state index is 6.35. The van der Waals surface area contributed by atoms with E-state index in [4.69, 9.17) is 14.2 Å². The van der Waals surface area contributed by atoms with Gasteiger partial charge in [-0.3, -0.25) is 4.90 Å². The normalized spacial score (nSPS) is 18.4. The number of para-hydroxylation sites is 1. The second-order valence-corrected chi connectivity index (χ2v) is 7.30. The highest BCUT2D eigenvalue weighted by Crippen LogP contribution is 2.41. The fraction of sp³-hybridized carbons (Fsp3) is 0.304. The molecule has 3 aromatic rings. The molecule has 5 rings (SSSR count). The van der Waals surface area contributed by atoms with Crippen LogP contribution in [0.25, 0.3) is 17.0 Å². The highest BCUT2D eigenvalue weighted by molar-refractivity contribution is 5.89. The minimum absolute atomic E-state index is 0.782. The molecule has 0 aliphatic carbocycles. The lowest BCUT2D eigenvalue weighted by Gasteiger charge is -2.27. The van der Waals surface area contributed by atoms with Gasteiger partial charge < -0.3 is 19.2 Å². The Morgan fingerprint density at radius 2 is 2.00 bits per heavy atom. The summed E-state index contributed by atoms with van der Waals surface area (Å²) in [4.78, 5) is 5.72. The lowest BCUT2D eigenvalue weighted by atomic mass is 10.0. The Morgan fingerprint density at radius 3 is 2.86 bits per heavy atom. The van der Waals surface area contributed by atoms with Crippen molar-refractivity contribution in [2.24, 2.45) is 0 Å². The van der Waals surface area contributed by atoms with Crippen molar-refractivity contribution in [3.8, 4) is 11.5 Å². The standard InChI is InChI=1S/C23H24N2O3/c1-26-22-7-6-16-12-18(13-17-14-24-21-5-3-2-4-19(17)21)28-23(16)20(22)15-25-8-10-27-11-9-25/h2-7,13-14,24H,8-12,15H2,1H3. The second kappa shape index (κ2) is 7.34. The molecule has 0 amide bonds. The zero-order chi connectivity index (χ0) is 18.9. The molecule has 1 saturated heterocycles. The summed E-state index contributed by atoms with van der Waals surface area (Å²) in [6.45, 7) is 4.25. The van der Waals surface area contributed by atoms with Gasteiger partial charge in [-0.15, -0.1) is 0 Å². The van der Waals surface area contributed by atoms with Gasteiger partial charge in [-0.1, -0.05) is 24.3 Å². The van der Waals surface area contributed by atoms with Gasteiger partial charge in [0.15, 0.2) is 0 Å². The van der Waals surface area contributed by atoms with Gasteiger partial charge in [0.25, 0.3) is 0 Å². The van der Waals surface area contributed by atoms with Crippen LogP contribution in [-0.4, -0.2) is 43.3 Å². The van der Waals surface area contributed by atoms with Gasteiger partial charge >= 0.3 is 0 Å². The number of benzene rings is 2. The molecule has 3 heterocycles. The number of hydrogen-bond acceptors (Lipinski definition) is 4. The number of nitrogens with zero attached hydrogens (tertiary/aromatic N) is 1. The van der Waals surface area contributed by atoms with Crippen molar-refractivity contribution >= 4 is 17.0 Å². The van der Waals surface area contributed by atoms with Crippen LogP contribution in [0.4, 0.5) is 0 Å². The Bertz CT molecular complexity index is 1030. The molecule has 5 heteroatoms. The minimum atomic E-state index is 0.782. The fourth-order valence-corrected chi connectivity index (χ4v) is 4.07. The van der Waals surface area contributed by atoms with Crippen LogP contribution in [0.3, 0.4) is 0 Å². The molecule has 5 nitrogen and oxygen atoms in total. The predicted octanol–water partition coefficient (Wildman–Crippen LogP) is 3.98. The molecule has 0 spiro atoms. The predicted molar refractivity (Wildman–Crippen MR) is 110 cm³/mol. The Labute approximate surface area is 164 Å². The molecule has 2 aliphatic rings. The zero-order valence-electron chi connectivity index (χ0n) is 16.0. The number of aromatic amines is 1. The van der Waals surface area contributed by atoms with E-state index in [1.165, 1.54) is 10.9 Å². The average Bonchev–Trinajstić information content (AvgIpc) is 3.34. The van der Waals surface area contributed by atoms with Crippen LogP contribution in [0.15, 0.2) is 48.4 Å². The van der Waals surface area contributed by atoms with Crippen molar-refractivity contribution in [1.29, 1.82) is 0 Å². The number of methoxy groups -OCH3 is 1. The number of fused-ring (bicyclic) bond motifs is 2. The van der Waals surface area contributed by atoms with Crippen LogP contribution in [0.2, 0.25) is 0 Å². The summed E-state index contributed by atoms with van der Waals surface area (Å²) in [5.74, 6) is 2.81. The summed E-state index contributed by atoms with van der Waals surface area (Å²) in [5.41, 5.74) is 4.64. The first-order valence-electron chi connectivity index (χ1n) is 9.75. The lowest BCUT2D eigenvalue weighted by molar-refractivity contribution is 0.0336. The van der Waals surface area contributed by atoms with Crippen LogP contribution in [0, 0.1) is 0 Å². The highest BCUT2D eigenvalue weighted by Gasteiger charge is 2.25. The van der Waals surface area contributed by atoms with Crippen molar-refractivity contribution < 1.29 is 14.2 Å². The molecular weight excluding hydrogens is 352 g/mol. The van der Waals surface area contributed by atoms with Gasteiger partial charge in [-0.25, -0.2) is 0 Å². The molecule has 0 radical (unpaired) electrons. The van der Waals surface area contributed by atoms with Crippen molar-refractivity contribution in [2.75, 3.05) is 33.4 Å². The minimum Gasteiger partial charge on any atom is -0.496 e. The van der Waals surface area contributed by atoms with E-state index in [0.717, 1.165) is 73.2 Å². The summed E-state index contributed by atoms with van der Waals surface area (Å²) in [7, 11) is 1.72. The van der Waals surface area contributed by atoms with E-state index < -0.39 is 0 Å². The first-order chi connectivity index (χ1) is 13.8. The van der Waals surface area contributed by atoms with E-state index in [1.807, 2.05) is 12.3 Å². The zero-order valence-corrected chi connectivity index (χ0v) is 16.0. The molecule has 0 bridgehead atoms. The molecule has 1 aromatic heterocycles. The van der Waals surface area contributed by atoms with Crippen LogP contribution in [-0.2, 0) is 17.7 Å². The Balaban J connectivity index is 1.46. The van der Waals surface area contributed by atoms with Crippen LogP contribution < -0.4 is 9.47 Å². The summed E-state index contributed by atoms with van der Waals surface area (Å²) in [6, 6.07) is 12.5. The third-order valence-electron chi connectivity index (χ3n) is 5.54. The van der Waals surface area contributed by atoms with E-state index in [1.54, 1.807) is 7.11 Å². The average molecular weight is 376 g/mol.